The van der Waals surface area contributed by atoms with E-state index in [9.17, 15) is 4.79 Å². The van der Waals surface area contributed by atoms with E-state index in [2.05, 4.69) is 21.2 Å². The summed E-state index contributed by atoms with van der Waals surface area (Å²) in [5.74, 6) is -0.405. The fourth-order valence-corrected chi connectivity index (χ4v) is 2.61. The minimum Gasteiger partial charge on any atom is -0.371 e. The lowest BCUT2D eigenvalue weighted by molar-refractivity contribution is -0.121. The maximum Gasteiger partial charge on any atom is 0.243 e. The molecule has 0 heterocycles. The number of nitrogens with two attached hydrogens (primary N) is 1. The van der Waals surface area contributed by atoms with Crippen molar-refractivity contribution in [1.29, 1.82) is 0 Å². The molecule has 0 aliphatic carbocycles. The fourth-order valence-electron chi connectivity index (χ4n) is 2.09. The lowest BCUT2D eigenvalue weighted by Crippen LogP contribution is -2.49. The van der Waals surface area contributed by atoms with Gasteiger partial charge >= 0.3 is 0 Å². The van der Waals surface area contributed by atoms with Crippen LogP contribution in [0.25, 0.3) is 0 Å². The third kappa shape index (κ3) is 4.22. The number of rotatable bonds is 5. The molecule has 0 aliphatic heterocycles. The van der Waals surface area contributed by atoms with Crippen LogP contribution >= 0.6 is 27.5 Å². The van der Waals surface area contributed by atoms with Crippen molar-refractivity contribution >= 4 is 39.1 Å². The predicted octanol–water partition coefficient (Wildman–Crippen LogP) is 4.00. The molecule has 3 N–H and O–H groups in total. The van der Waals surface area contributed by atoms with Crippen LogP contribution in [0.4, 0.5) is 5.69 Å². The Kier molecular flexibility index (Phi) is 4.91. The number of anilines is 1. The van der Waals surface area contributed by atoms with Crippen molar-refractivity contribution in [2.24, 2.45) is 5.73 Å². The van der Waals surface area contributed by atoms with Gasteiger partial charge in [0.2, 0.25) is 5.91 Å². The fraction of sp³-hybridized carbons (Fsp3) is 0.188. The van der Waals surface area contributed by atoms with Crippen molar-refractivity contribution in [1.82, 2.24) is 0 Å². The summed E-state index contributed by atoms with van der Waals surface area (Å²) >= 11 is 9.29. The molecule has 2 rings (SSSR count). The largest absolute Gasteiger partial charge is 0.371 e. The first-order chi connectivity index (χ1) is 9.89. The Balaban J connectivity index is 2.23. The summed E-state index contributed by atoms with van der Waals surface area (Å²) in [5.41, 5.74) is 6.54. The third-order valence-electron chi connectivity index (χ3n) is 3.26. The molecule has 3 nitrogen and oxygen atoms in total. The molecule has 21 heavy (non-hydrogen) atoms. The lowest BCUT2D eigenvalue weighted by atomic mass is 9.91. The van der Waals surface area contributed by atoms with Crippen molar-refractivity contribution < 1.29 is 4.79 Å². The van der Waals surface area contributed by atoms with Gasteiger partial charge in [0.15, 0.2) is 0 Å². The lowest BCUT2D eigenvalue weighted by Gasteiger charge is -2.29. The van der Waals surface area contributed by atoms with E-state index in [1.807, 2.05) is 36.4 Å². The molecule has 0 bridgehead atoms. The number of carbonyl (C=O) groups excluding carboxylic acids is 1. The van der Waals surface area contributed by atoms with Crippen LogP contribution in [0.3, 0.4) is 0 Å². The van der Waals surface area contributed by atoms with E-state index in [0.29, 0.717) is 11.4 Å². The molecule has 0 fully saturated rings. The first-order valence-corrected chi connectivity index (χ1v) is 7.64. The Morgan fingerprint density at radius 1 is 1.29 bits per heavy atom. The highest BCUT2D eigenvalue weighted by Crippen LogP contribution is 2.23. The summed E-state index contributed by atoms with van der Waals surface area (Å²) < 4.78 is 0.936. The zero-order valence-corrected chi connectivity index (χ0v) is 13.9. The predicted molar refractivity (Wildman–Crippen MR) is 90.5 cm³/mol. The number of halogens is 2. The van der Waals surface area contributed by atoms with Crippen LogP contribution in [0, 0.1) is 0 Å². The summed E-state index contributed by atoms with van der Waals surface area (Å²) in [6.07, 6.45) is 0.478. The monoisotopic (exact) mass is 366 g/mol. The minimum atomic E-state index is -0.880. The maximum absolute atomic E-state index is 11.9. The van der Waals surface area contributed by atoms with Gasteiger partial charge in [-0.05, 0) is 42.8 Å². The molecule has 2 aromatic rings. The van der Waals surface area contributed by atoms with E-state index in [0.717, 1.165) is 15.7 Å². The van der Waals surface area contributed by atoms with Gasteiger partial charge < -0.3 is 11.1 Å². The second kappa shape index (κ2) is 6.50. The van der Waals surface area contributed by atoms with Crippen LogP contribution in [0.5, 0.6) is 0 Å². The number of benzene rings is 2. The van der Waals surface area contributed by atoms with Gasteiger partial charge in [0.1, 0.15) is 5.54 Å². The Morgan fingerprint density at radius 3 is 2.52 bits per heavy atom. The molecule has 0 spiro atoms. The molecule has 0 saturated carbocycles. The molecule has 110 valence electrons. The molecular formula is C16H16BrClN2O. The molecule has 5 heteroatoms. The second-order valence-corrected chi connectivity index (χ2v) is 6.49. The molecule has 1 unspecified atom stereocenters. The molecule has 1 amide bonds. The SMILES string of the molecule is CC(Cc1ccc(Cl)cc1)(Nc1cccc(Br)c1)C(N)=O. The normalized spacial score (nSPS) is 13.5. The number of amides is 1. The maximum atomic E-state index is 11.9. The number of hydrogen-bond donors (Lipinski definition) is 2. The van der Waals surface area contributed by atoms with Crippen LogP contribution in [-0.4, -0.2) is 11.4 Å². The van der Waals surface area contributed by atoms with Crippen molar-refractivity contribution in [3.8, 4) is 0 Å². The van der Waals surface area contributed by atoms with Crippen LogP contribution in [-0.2, 0) is 11.2 Å². The Morgan fingerprint density at radius 2 is 1.95 bits per heavy atom. The quantitative estimate of drug-likeness (QED) is 0.839. The van der Waals surface area contributed by atoms with E-state index in [1.54, 1.807) is 19.1 Å². The van der Waals surface area contributed by atoms with E-state index >= 15 is 0 Å². The van der Waals surface area contributed by atoms with Crippen molar-refractivity contribution in [3.05, 3.63) is 63.6 Å². The summed E-state index contributed by atoms with van der Waals surface area (Å²) in [7, 11) is 0. The van der Waals surface area contributed by atoms with E-state index in [-0.39, 0.29) is 0 Å². The van der Waals surface area contributed by atoms with Gasteiger partial charge in [-0.3, -0.25) is 4.79 Å². The van der Waals surface area contributed by atoms with E-state index < -0.39 is 11.4 Å². The van der Waals surface area contributed by atoms with Gasteiger partial charge in [-0.1, -0.05) is 45.7 Å². The average molecular weight is 368 g/mol. The number of hydrogen-bond acceptors (Lipinski definition) is 2. The zero-order chi connectivity index (χ0) is 15.5. The minimum absolute atomic E-state index is 0.405. The molecule has 2 aromatic carbocycles. The molecule has 0 aromatic heterocycles. The molecule has 1 atom stereocenters. The summed E-state index contributed by atoms with van der Waals surface area (Å²) in [5, 5.41) is 3.89. The third-order valence-corrected chi connectivity index (χ3v) is 4.00. The highest BCUT2D eigenvalue weighted by Gasteiger charge is 2.31. The van der Waals surface area contributed by atoms with Gasteiger partial charge in [-0.15, -0.1) is 0 Å². The first-order valence-electron chi connectivity index (χ1n) is 6.47. The number of primary amides is 1. The molecular weight excluding hydrogens is 352 g/mol. The van der Waals surface area contributed by atoms with E-state index in [4.69, 9.17) is 17.3 Å². The van der Waals surface area contributed by atoms with Crippen LogP contribution in [0.15, 0.2) is 53.0 Å². The zero-order valence-electron chi connectivity index (χ0n) is 11.6. The average Bonchev–Trinajstić information content (AvgIpc) is 2.41. The summed E-state index contributed by atoms with van der Waals surface area (Å²) in [4.78, 5) is 11.9. The van der Waals surface area contributed by atoms with Crippen molar-refractivity contribution in [2.45, 2.75) is 18.9 Å². The second-order valence-electron chi connectivity index (χ2n) is 5.13. The molecule has 0 saturated heterocycles. The van der Waals surface area contributed by atoms with Crippen molar-refractivity contribution in [2.75, 3.05) is 5.32 Å². The van der Waals surface area contributed by atoms with Crippen molar-refractivity contribution in [3.63, 3.8) is 0 Å². The van der Waals surface area contributed by atoms with Gasteiger partial charge in [0.05, 0.1) is 0 Å². The summed E-state index contributed by atoms with van der Waals surface area (Å²) in [6.45, 7) is 1.80. The topological polar surface area (TPSA) is 55.1 Å². The number of carbonyl (C=O) groups is 1. The highest BCUT2D eigenvalue weighted by atomic mass is 79.9. The van der Waals surface area contributed by atoms with Gasteiger partial charge in [-0.2, -0.15) is 0 Å². The molecule has 0 radical (unpaired) electrons. The van der Waals surface area contributed by atoms with Crippen LogP contribution in [0.1, 0.15) is 12.5 Å². The Labute approximate surface area is 137 Å². The number of nitrogens with one attached hydrogen (secondary N) is 1. The summed E-state index contributed by atoms with van der Waals surface area (Å²) in [6, 6.07) is 15.0. The molecule has 0 aliphatic rings. The van der Waals surface area contributed by atoms with Crippen LogP contribution < -0.4 is 11.1 Å². The van der Waals surface area contributed by atoms with Crippen LogP contribution in [0.2, 0.25) is 5.02 Å². The van der Waals surface area contributed by atoms with Gasteiger partial charge in [-0.25, -0.2) is 0 Å². The first kappa shape index (κ1) is 15.9. The van der Waals surface area contributed by atoms with Gasteiger partial charge in [0, 0.05) is 21.6 Å². The smallest absolute Gasteiger partial charge is 0.243 e. The Bertz CT molecular complexity index is 645. The highest BCUT2D eigenvalue weighted by molar-refractivity contribution is 9.10. The Hall–Kier alpha value is -1.52. The van der Waals surface area contributed by atoms with E-state index in [1.165, 1.54) is 0 Å². The standard InChI is InChI=1S/C16H16BrClN2O/c1-16(15(19)21,10-11-5-7-13(18)8-6-11)20-14-4-2-3-12(17)9-14/h2-9,20H,10H2,1H3,(H2,19,21). The van der Waals surface area contributed by atoms with Gasteiger partial charge in [0.25, 0.3) is 0 Å².